The van der Waals surface area contributed by atoms with Gasteiger partial charge in [-0.1, -0.05) is 68.8 Å². The Hall–Kier alpha value is -2.48. The summed E-state index contributed by atoms with van der Waals surface area (Å²) in [4.78, 5) is 18.1. The molecule has 1 radical (unpaired) electrons. The number of benzene rings is 3. The molecule has 0 amide bonds. The number of aliphatic carboxylic acids is 1. The van der Waals surface area contributed by atoms with Crippen LogP contribution in [0.4, 0.5) is 0 Å². The van der Waals surface area contributed by atoms with Crippen molar-refractivity contribution in [2.24, 2.45) is 5.41 Å². The van der Waals surface area contributed by atoms with Gasteiger partial charge in [0.1, 0.15) is 12.4 Å². The fourth-order valence-corrected chi connectivity index (χ4v) is 6.15. The molecule has 0 saturated heterocycles. The smallest absolute Gasteiger partial charge is 0.309 e. The van der Waals surface area contributed by atoms with Crippen molar-refractivity contribution < 1.29 is 14.6 Å². The average molecular weight is 610 g/mol. The predicted octanol–water partition coefficient (Wildman–Crippen LogP) is 8.63. The maximum atomic E-state index is 12.2. The molecular weight excluding hydrogens is 575 g/mol. The molecule has 5 rings (SSSR count). The van der Waals surface area contributed by atoms with Crippen molar-refractivity contribution in [1.82, 2.24) is 9.55 Å². The Balaban J connectivity index is 0.00000405. The van der Waals surface area contributed by atoms with Gasteiger partial charge in [-0.15, -0.1) is 11.8 Å². The van der Waals surface area contributed by atoms with Crippen molar-refractivity contribution in [1.29, 1.82) is 0 Å². The summed E-state index contributed by atoms with van der Waals surface area (Å²) in [6.45, 7) is 11.1. The van der Waals surface area contributed by atoms with Crippen LogP contribution in [0.1, 0.15) is 51.6 Å². The molecule has 0 spiro atoms. The van der Waals surface area contributed by atoms with E-state index in [2.05, 4.69) is 43.5 Å². The van der Waals surface area contributed by atoms with Crippen LogP contribution >= 0.6 is 23.4 Å². The second-order valence-corrected chi connectivity index (χ2v) is 14.3. The Morgan fingerprint density at radius 3 is 2.38 bits per heavy atom. The van der Waals surface area contributed by atoms with Gasteiger partial charge < -0.3 is 14.4 Å². The third-order valence-electron chi connectivity index (χ3n) is 6.98. The van der Waals surface area contributed by atoms with Crippen LogP contribution in [-0.2, 0) is 24.4 Å². The van der Waals surface area contributed by atoms with Crippen LogP contribution in [0.3, 0.4) is 0 Å². The maximum Gasteiger partial charge on any atom is 0.309 e. The number of carboxylic acids is 1. The number of pyridine rings is 1. The van der Waals surface area contributed by atoms with Crippen LogP contribution in [0, 0.1) is 5.41 Å². The second-order valence-electron chi connectivity index (χ2n) is 12.0. The number of hydrogen-bond donors (Lipinski definition) is 1. The summed E-state index contributed by atoms with van der Waals surface area (Å²) >= 11 is 7.93. The molecule has 0 fully saturated rings. The molecule has 0 atom stereocenters. The molecule has 2 aromatic heterocycles. The van der Waals surface area contributed by atoms with Gasteiger partial charge in [-0.2, -0.15) is 0 Å². The van der Waals surface area contributed by atoms with Crippen molar-refractivity contribution in [2.45, 2.75) is 63.8 Å². The molecule has 0 aliphatic carbocycles. The molecule has 0 saturated carbocycles. The van der Waals surface area contributed by atoms with Crippen LogP contribution in [0.25, 0.3) is 21.8 Å². The topological polar surface area (TPSA) is 64.3 Å². The molecule has 0 unspecified atom stereocenters. The molecule has 0 bridgehead atoms. The third-order valence-corrected chi connectivity index (χ3v) is 8.51. The van der Waals surface area contributed by atoms with Gasteiger partial charge in [0.15, 0.2) is 0 Å². The number of thioether (sulfide) groups is 1. The summed E-state index contributed by atoms with van der Waals surface area (Å²) in [5.74, 6) is -0.0738. The quantitative estimate of drug-likeness (QED) is 0.134. The number of hydrogen-bond acceptors (Lipinski definition) is 4. The minimum Gasteiger partial charge on any atom is -0.487 e. The zero-order chi connectivity index (χ0) is 29.4. The van der Waals surface area contributed by atoms with E-state index >= 15 is 0 Å². The molecule has 0 aliphatic rings. The van der Waals surface area contributed by atoms with E-state index < -0.39 is 11.4 Å². The number of halogens is 1. The zero-order valence-electron chi connectivity index (χ0n) is 25.1. The van der Waals surface area contributed by atoms with Gasteiger partial charge in [0.05, 0.1) is 16.6 Å². The molecule has 5 nitrogen and oxygen atoms in total. The fraction of sp³-hybridized carbons (Fsp3) is 0.294. The van der Waals surface area contributed by atoms with Crippen molar-refractivity contribution in [3.8, 4) is 5.75 Å². The first-order chi connectivity index (χ1) is 19.4. The van der Waals surface area contributed by atoms with Crippen LogP contribution in [0.2, 0.25) is 5.02 Å². The van der Waals surface area contributed by atoms with E-state index in [-0.39, 0.29) is 34.3 Å². The zero-order valence-corrected chi connectivity index (χ0v) is 28.6. The molecule has 42 heavy (non-hydrogen) atoms. The monoisotopic (exact) mass is 609 g/mol. The molecular formula is C34H35ClN2NaO3S. The minimum absolute atomic E-state index is 0. The number of aromatic nitrogens is 2. The summed E-state index contributed by atoms with van der Waals surface area (Å²) in [5.41, 5.74) is 4.00. The van der Waals surface area contributed by atoms with Crippen molar-refractivity contribution in [2.75, 3.05) is 0 Å². The number of carbonyl (C=O) groups is 1. The molecule has 8 heteroatoms. The molecule has 213 valence electrons. The van der Waals surface area contributed by atoms with Gasteiger partial charge in [0, 0.05) is 79.2 Å². The van der Waals surface area contributed by atoms with E-state index in [1.165, 1.54) is 0 Å². The number of carboxylic acid groups (broad SMARTS) is 1. The third kappa shape index (κ3) is 7.53. The minimum atomic E-state index is -0.944. The summed E-state index contributed by atoms with van der Waals surface area (Å²) in [6.07, 6.45) is 0.389. The van der Waals surface area contributed by atoms with Crippen LogP contribution in [0.15, 0.2) is 83.8 Å². The van der Waals surface area contributed by atoms with Gasteiger partial charge in [-0.25, -0.2) is 4.98 Å². The number of rotatable bonds is 9. The van der Waals surface area contributed by atoms with Crippen LogP contribution in [-0.4, -0.2) is 54.9 Å². The first kappa shape index (κ1) is 32.4. The van der Waals surface area contributed by atoms with E-state index in [1.54, 1.807) is 25.6 Å². The summed E-state index contributed by atoms with van der Waals surface area (Å²) < 4.78 is 8.43. The van der Waals surface area contributed by atoms with E-state index in [0.29, 0.717) is 24.6 Å². The Morgan fingerprint density at radius 2 is 1.69 bits per heavy atom. The van der Waals surface area contributed by atoms with Crippen molar-refractivity contribution >= 4 is 80.7 Å². The molecule has 5 aromatic rings. The Kier molecular flexibility index (Phi) is 10.1. The number of para-hydroxylation sites is 1. The van der Waals surface area contributed by atoms with Gasteiger partial charge in [0.25, 0.3) is 0 Å². The second kappa shape index (κ2) is 13.0. The van der Waals surface area contributed by atoms with Crippen LogP contribution in [0.5, 0.6) is 5.75 Å². The molecule has 0 aliphatic heterocycles. The SMILES string of the molecule is CC(C)(C)Sc1c(CC(C)(C)C(=O)O)n(Cc2ccc(Cl)cc2)c2ccc(OCc3ccc4ccccc4n3)cc12.[Na]. The number of ether oxygens (including phenoxy) is 1. The first-order valence-electron chi connectivity index (χ1n) is 13.7. The number of fused-ring (bicyclic) bond motifs is 2. The average Bonchev–Trinajstić information content (AvgIpc) is 3.18. The van der Waals surface area contributed by atoms with E-state index in [4.69, 9.17) is 21.3 Å². The predicted molar refractivity (Wildman–Crippen MR) is 175 cm³/mol. The van der Waals surface area contributed by atoms with E-state index in [0.717, 1.165) is 49.4 Å². The first-order valence-corrected chi connectivity index (χ1v) is 14.9. The maximum absolute atomic E-state index is 12.2. The molecule has 3 aromatic carbocycles. The summed E-state index contributed by atoms with van der Waals surface area (Å²) in [7, 11) is 0. The largest absolute Gasteiger partial charge is 0.487 e. The van der Waals surface area contributed by atoms with Crippen molar-refractivity contribution in [3.05, 3.63) is 101 Å². The molecule has 1 N–H and O–H groups in total. The van der Waals surface area contributed by atoms with Gasteiger partial charge in [-0.05, 0) is 61.9 Å². The number of nitrogens with zero attached hydrogens (tertiary/aromatic N) is 2. The van der Waals surface area contributed by atoms with Gasteiger partial charge >= 0.3 is 5.97 Å². The molecule has 2 heterocycles. The Morgan fingerprint density at radius 1 is 0.976 bits per heavy atom. The Labute approximate surface area is 278 Å². The summed E-state index contributed by atoms with van der Waals surface area (Å²) in [6, 6.07) is 26.1. The van der Waals surface area contributed by atoms with Gasteiger partial charge in [-0.3, -0.25) is 4.79 Å². The standard InChI is InChI=1S/C34H35ClN2O3S.Na/c1-33(2,3)41-31-27-18-26(40-21-25-15-12-23-8-6-7-9-28(23)36-25)16-17-29(27)37(20-22-10-13-24(35)14-11-22)30(31)19-34(4,5)32(38)39;/h6-18H,19-21H2,1-5H3,(H,38,39);. The summed E-state index contributed by atoms with van der Waals surface area (Å²) in [5, 5.41) is 12.9. The van der Waals surface area contributed by atoms with E-state index in [9.17, 15) is 9.90 Å². The van der Waals surface area contributed by atoms with Gasteiger partial charge in [0.2, 0.25) is 0 Å². The fourth-order valence-electron chi connectivity index (χ4n) is 4.83. The van der Waals surface area contributed by atoms with E-state index in [1.807, 2.05) is 60.7 Å². The van der Waals surface area contributed by atoms with Crippen molar-refractivity contribution in [3.63, 3.8) is 0 Å². The van der Waals surface area contributed by atoms with Crippen LogP contribution < -0.4 is 4.74 Å². The Bertz CT molecular complexity index is 1730. The normalized spacial score (nSPS) is 12.0.